The fraction of sp³-hybridized carbons (Fsp3) is 0.417. The van der Waals surface area contributed by atoms with Crippen molar-refractivity contribution in [1.29, 1.82) is 0 Å². The molecule has 4 heteroatoms. The summed E-state index contributed by atoms with van der Waals surface area (Å²) in [4.78, 5) is 11.9. The van der Waals surface area contributed by atoms with E-state index in [1.165, 1.54) is 7.11 Å². The van der Waals surface area contributed by atoms with Crippen molar-refractivity contribution in [2.45, 2.75) is 12.8 Å². The average molecular weight is 243 g/mol. The zero-order chi connectivity index (χ0) is 12.0. The molecule has 3 nitrogen and oxygen atoms in total. The van der Waals surface area contributed by atoms with Gasteiger partial charge in [-0.15, -0.1) is 0 Å². The second-order valence-electron chi connectivity index (χ2n) is 3.36. The third-order valence-electron chi connectivity index (χ3n) is 2.21. The molecule has 0 radical (unpaired) electrons. The van der Waals surface area contributed by atoms with E-state index < -0.39 is 0 Å². The second kappa shape index (κ2) is 6.51. The monoisotopic (exact) mass is 242 g/mol. The molecule has 1 aromatic carbocycles. The molecular formula is C12H15ClO3. The molecule has 0 aliphatic rings. The summed E-state index contributed by atoms with van der Waals surface area (Å²) < 4.78 is 10.0. The van der Waals surface area contributed by atoms with Crippen LogP contribution in [0.4, 0.5) is 0 Å². The van der Waals surface area contributed by atoms with Crippen molar-refractivity contribution < 1.29 is 14.3 Å². The van der Waals surface area contributed by atoms with Crippen LogP contribution in [0.2, 0.25) is 5.02 Å². The van der Waals surface area contributed by atoms with E-state index in [0.717, 1.165) is 0 Å². The number of halogens is 1. The predicted octanol–water partition coefficient (Wildman–Crippen LogP) is 2.96. The molecule has 0 N–H and O–H groups in total. The minimum atomic E-state index is 0.0244. The molecule has 0 bridgehead atoms. The summed E-state index contributed by atoms with van der Waals surface area (Å²) in [5, 5.41) is 0.538. The standard InChI is InChI=1S/C12H15ClO3/c1-15-7-3-4-11(14)10-8-9(13)5-6-12(10)16-2/h5-6,8H,3-4,7H2,1-2H3. The maximum Gasteiger partial charge on any atom is 0.166 e. The lowest BCUT2D eigenvalue weighted by molar-refractivity contribution is 0.0960. The topological polar surface area (TPSA) is 35.5 Å². The van der Waals surface area contributed by atoms with E-state index in [4.69, 9.17) is 21.1 Å². The molecule has 0 spiro atoms. The van der Waals surface area contributed by atoms with E-state index in [9.17, 15) is 4.79 Å². The van der Waals surface area contributed by atoms with Gasteiger partial charge in [-0.05, 0) is 24.6 Å². The fourth-order valence-electron chi connectivity index (χ4n) is 1.41. The highest BCUT2D eigenvalue weighted by atomic mass is 35.5. The van der Waals surface area contributed by atoms with Crippen molar-refractivity contribution in [1.82, 2.24) is 0 Å². The molecule has 0 heterocycles. The first-order valence-electron chi connectivity index (χ1n) is 5.04. The Bertz CT molecular complexity index is 363. The highest BCUT2D eigenvalue weighted by Gasteiger charge is 2.12. The zero-order valence-corrected chi connectivity index (χ0v) is 10.2. The van der Waals surface area contributed by atoms with Gasteiger partial charge >= 0.3 is 0 Å². The summed E-state index contributed by atoms with van der Waals surface area (Å²) in [6.45, 7) is 0.578. The number of rotatable bonds is 6. The van der Waals surface area contributed by atoms with Crippen LogP contribution in [0.5, 0.6) is 5.75 Å². The van der Waals surface area contributed by atoms with E-state index in [-0.39, 0.29) is 5.78 Å². The van der Waals surface area contributed by atoms with Crippen LogP contribution < -0.4 is 4.74 Å². The van der Waals surface area contributed by atoms with Crippen molar-refractivity contribution in [3.63, 3.8) is 0 Å². The maximum atomic E-state index is 11.9. The van der Waals surface area contributed by atoms with Gasteiger partial charge in [0.1, 0.15) is 5.75 Å². The molecule has 88 valence electrons. The Morgan fingerprint density at radius 3 is 2.75 bits per heavy atom. The first-order valence-corrected chi connectivity index (χ1v) is 5.42. The maximum absolute atomic E-state index is 11.9. The Kier molecular flexibility index (Phi) is 5.29. The number of Topliss-reactive ketones (excluding diaryl/α,β-unsaturated/α-hetero) is 1. The first-order chi connectivity index (χ1) is 7.69. The molecule has 16 heavy (non-hydrogen) atoms. The van der Waals surface area contributed by atoms with Crippen LogP contribution in [-0.4, -0.2) is 26.6 Å². The Balaban J connectivity index is 2.76. The highest BCUT2D eigenvalue weighted by molar-refractivity contribution is 6.31. The van der Waals surface area contributed by atoms with Gasteiger partial charge < -0.3 is 9.47 Å². The molecule has 0 aliphatic carbocycles. The van der Waals surface area contributed by atoms with Crippen LogP contribution in [0.25, 0.3) is 0 Å². The summed E-state index contributed by atoms with van der Waals surface area (Å²) in [7, 11) is 3.15. The van der Waals surface area contributed by atoms with Crippen LogP contribution >= 0.6 is 11.6 Å². The number of carbonyl (C=O) groups is 1. The number of hydrogen-bond acceptors (Lipinski definition) is 3. The minimum absolute atomic E-state index is 0.0244. The molecule has 0 fully saturated rings. The fourth-order valence-corrected chi connectivity index (χ4v) is 1.58. The van der Waals surface area contributed by atoms with Crippen molar-refractivity contribution in [3.8, 4) is 5.75 Å². The average Bonchev–Trinajstić information content (AvgIpc) is 2.29. The van der Waals surface area contributed by atoms with Crippen molar-refractivity contribution in [3.05, 3.63) is 28.8 Å². The number of ether oxygens (including phenoxy) is 2. The van der Waals surface area contributed by atoms with Crippen LogP contribution in [0.3, 0.4) is 0 Å². The van der Waals surface area contributed by atoms with Gasteiger partial charge in [0, 0.05) is 25.2 Å². The number of benzene rings is 1. The molecule has 1 aromatic rings. The first kappa shape index (κ1) is 13.0. The van der Waals surface area contributed by atoms with Crippen LogP contribution in [0, 0.1) is 0 Å². The number of methoxy groups -OCH3 is 2. The van der Waals surface area contributed by atoms with E-state index in [2.05, 4.69) is 0 Å². The van der Waals surface area contributed by atoms with Gasteiger partial charge in [-0.25, -0.2) is 0 Å². The summed E-state index contributed by atoms with van der Waals surface area (Å²) in [6, 6.07) is 5.04. The summed E-state index contributed by atoms with van der Waals surface area (Å²) in [5.41, 5.74) is 0.533. The van der Waals surface area contributed by atoms with Gasteiger partial charge in [0.15, 0.2) is 5.78 Å². The number of hydrogen-bond donors (Lipinski definition) is 0. The van der Waals surface area contributed by atoms with E-state index in [0.29, 0.717) is 35.8 Å². The zero-order valence-electron chi connectivity index (χ0n) is 9.46. The second-order valence-corrected chi connectivity index (χ2v) is 3.80. The van der Waals surface area contributed by atoms with Gasteiger partial charge in [0.05, 0.1) is 12.7 Å². The lowest BCUT2D eigenvalue weighted by Crippen LogP contribution is -2.03. The molecule has 0 aromatic heterocycles. The van der Waals surface area contributed by atoms with Gasteiger partial charge in [0.25, 0.3) is 0 Å². The molecule has 1 rings (SSSR count). The molecule has 0 aliphatic heterocycles. The van der Waals surface area contributed by atoms with Crippen LogP contribution in [-0.2, 0) is 4.74 Å². The predicted molar refractivity (Wildman–Crippen MR) is 63.4 cm³/mol. The Hall–Kier alpha value is -1.06. The molecule has 0 saturated carbocycles. The highest BCUT2D eigenvalue weighted by Crippen LogP contribution is 2.24. The van der Waals surface area contributed by atoms with Crippen molar-refractivity contribution in [2.24, 2.45) is 0 Å². The summed E-state index contributed by atoms with van der Waals surface area (Å²) in [5.74, 6) is 0.586. The lowest BCUT2D eigenvalue weighted by Gasteiger charge is -2.07. The van der Waals surface area contributed by atoms with Crippen molar-refractivity contribution in [2.75, 3.05) is 20.8 Å². The van der Waals surface area contributed by atoms with Gasteiger partial charge in [-0.2, -0.15) is 0 Å². The summed E-state index contributed by atoms with van der Waals surface area (Å²) >= 11 is 5.85. The minimum Gasteiger partial charge on any atom is -0.496 e. The van der Waals surface area contributed by atoms with Gasteiger partial charge in [-0.1, -0.05) is 11.6 Å². The Labute approximate surface area is 100 Å². The number of carbonyl (C=O) groups excluding carboxylic acids is 1. The molecule has 0 unspecified atom stereocenters. The number of ketones is 1. The van der Waals surface area contributed by atoms with E-state index >= 15 is 0 Å². The smallest absolute Gasteiger partial charge is 0.166 e. The van der Waals surface area contributed by atoms with Crippen molar-refractivity contribution >= 4 is 17.4 Å². The molecule has 0 amide bonds. The van der Waals surface area contributed by atoms with Crippen LogP contribution in [0.1, 0.15) is 23.2 Å². The third-order valence-corrected chi connectivity index (χ3v) is 2.45. The van der Waals surface area contributed by atoms with Crippen LogP contribution in [0.15, 0.2) is 18.2 Å². The quantitative estimate of drug-likeness (QED) is 0.568. The molecule has 0 atom stereocenters. The molecule has 0 saturated heterocycles. The van der Waals surface area contributed by atoms with Gasteiger partial charge in [0.2, 0.25) is 0 Å². The van der Waals surface area contributed by atoms with Gasteiger partial charge in [-0.3, -0.25) is 4.79 Å². The molecular weight excluding hydrogens is 228 g/mol. The Morgan fingerprint density at radius 2 is 2.12 bits per heavy atom. The van der Waals surface area contributed by atoms with E-state index in [1.807, 2.05) is 0 Å². The lowest BCUT2D eigenvalue weighted by atomic mass is 10.1. The SMILES string of the molecule is COCCCC(=O)c1cc(Cl)ccc1OC. The summed E-state index contributed by atoms with van der Waals surface area (Å²) in [6.07, 6.45) is 1.13. The largest absolute Gasteiger partial charge is 0.496 e. The Morgan fingerprint density at radius 1 is 1.38 bits per heavy atom. The normalized spacial score (nSPS) is 10.2. The van der Waals surface area contributed by atoms with E-state index in [1.54, 1.807) is 25.3 Å². The third kappa shape index (κ3) is 3.51.